The molecule has 0 aromatic heterocycles. The molecule has 0 aromatic carbocycles. The average Bonchev–Trinajstić information content (AvgIpc) is 1.60. The first-order valence-electron chi connectivity index (χ1n) is 3.51. The Balaban J connectivity index is 0.000000810. The molecule has 1 aliphatic rings. The van der Waals surface area contributed by atoms with Crippen LogP contribution in [0.15, 0.2) is 0 Å². The second-order valence-electron chi connectivity index (χ2n) is 2.95. The van der Waals surface area contributed by atoms with Crippen molar-refractivity contribution in [3.63, 3.8) is 0 Å². The van der Waals surface area contributed by atoms with Crippen molar-refractivity contribution in [2.24, 2.45) is 0 Å². The summed E-state index contributed by atoms with van der Waals surface area (Å²) in [5.41, 5.74) is 0. The van der Waals surface area contributed by atoms with E-state index in [4.69, 9.17) is 4.74 Å². The zero-order valence-electron chi connectivity index (χ0n) is 6.42. The highest BCUT2D eigenvalue weighted by Gasteiger charge is 2.24. The third-order valence-electron chi connectivity index (χ3n) is 2.01. The van der Waals surface area contributed by atoms with Gasteiger partial charge in [-0.3, -0.25) is 4.90 Å². The number of nitrogens with zero attached hydrogens (tertiary/aromatic N) is 1. The Kier molecular flexibility index (Phi) is 3.91. The monoisotopic (exact) mass is 145 g/mol. The van der Waals surface area contributed by atoms with Crippen LogP contribution >= 0.6 is 0 Å². The number of likely N-dealkylation sites (N-methyl/N-ethyl adjacent to an activating group) is 1. The van der Waals surface area contributed by atoms with E-state index in [1.165, 1.54) is 0 Å². The Morgan fingerprint density at radius 3 is 2.00 bits per heavy atom. The molecule has 2 nitrogen and oxygen atoms in total. The standard InChI is InChI=1S/C7H15NO.CH4/c1-6(2)8(3)7-4-9-5-7;/h6-7H,4-5H2,1-3H3;1H4. The van der Waals surface area contributed by atoms with Crippen LogP contribution in [0.4, 0.5) is 0 Å². The number of rotatable bonds is 2. The van der Waals surface area contributed by atoms with E-state index in [-0.39, 0.29) is 7.43 Å². The van der Waals surface area contributed by atoms with Crippen LogP contribution < -0.4 is 0 Å². The SMILES string of the molecule is C.CC(C)N(C)C1COC1. The highest BCUT2D eigenvalue weighted by atomic mass is 16.5. The number of hydrogen-bond donors (Lipinski definition) is 0. The van der Waals surface area contributed by atoms with Crippen LogP contribution in [0.1, 0.15) is 21.3 Å². The van der Waals surface area contributed by atoms with Crippen molar-refractivity contribution in [2.45, 2.75) is 33.4 Å². The Hall–Kier alpha value is -0.0800. The van der Waals surface area contributed by atoms with E-state index >= 15 is 0 Å². The molecule has 0 aromatic rings. The summed E-state index contributed by atoms with van der Waals surface area (Å²) in [6.45, 7) is 6.26. The van der Waals surface area contributed by atoms with Gasteiger partial charge in [-0.25, -0.2) is 0 Å². The molecule has 0 bridgehead atoms. The maximum Gasteiger partial charge on any atom is 0.0645 e. The van der Waals surface area contributed by atoms with Gasteiger partial charge in [0.25, 0.3) is 0 Å². The topological polar surface area (TPSA) is 12.5 Å². The molecule has 1 aliphatic heterocycles. The normalized spacial score (nSPS) is 18.9. The first kappa shape index (κ1) is 9.92. The van der Waals surface area contributed by atoms with Crippen molar-refractivity contribution < 1.29 is 4.74 Å². The molecule has 0 spiro atoms. The van der Waals surface area contributed by atoms with Crippen LogP contribution in [0.2, 0.25) is 0 Å². The van der Waals surface area contributed by atoms with Crippen molar-refractivity contribution in [2.75, 3.05) is 20.3 Å². The molecule has 1 saturated heterocycles. The summed E-state index contributed by atoms with van der Waals surface area (Å²) in [5, 5.41) is 0. The van der Waals surface area contributed by atoms with Crippen LogP contribution in [0.3, 0.4) is 0 Å². The smallest absolute Gasteiger partial charge is 0.0645 e. The van der Waals surface area contributed by atoms with E-state index < -0.39 is 0 Å². The molecule has 0 unspecified atom stereocenters. The van der Waals surface area contributed by atoms with E-state index in [1.807, 2.05) is 0 Å². The lowest BCUT2D eigenvalue weighted by Gasteiger charge is -2.37. The molecule has 10 heavy (non-hydrogen) atoms. The maximum absolute atomic E-state index is 5.06. The summed E-state index contributed by atoms with van der Waals surface area (Å²) in [6.07, 6.45) is 0. The second kappa shape index (κ2) is 3.94. The van der Waals surface area contributed by atoms with E-state index in [0.717, 1.165) is 13.2 Å². The summed E-state index contributed by atoms with van der Waals surface area (Å²) in [7, 11) is 2.15. The van der Waals surface area contributed by atoms with E-state index in [2.05, 4.69) is 25.8 Å². The Bertz CT molecular complexity index is 89.3. The van der Waals surface area contributed by atoms with Gasteiger partial charge in [0, 0.05) is 6.04 Å². The molecule has 1 rings (SSSR count). The van der Waals surface area contributed by atoms with E-state index in [9.17, 15) is 0 Å². The fraction of sp³-hybridized carbons (Fsp3) is 1.00. The summed E-state index contributed by atoms with van der Waals surface area (Å²) >= 11 is 0. The van der Waals surface area contributed by atoms with Gasteiger partial charge in [-0.15, -0.1) is 0 Å². The highest BCUT2D eigenvalue weighted by molar-refractivity contribution is 4.76. The van der Waals surface area contributed by atoms with Gasteiger partial charge >= 0.3 is 0 Å². The van der Waals surface area contributed by atoms with Crippen LogP contribution in [0.25, 0.3) is 0 Å². The quantitative estimate of drug-likeness (QED) is 0.581. The molecule has 0 radical (unpaired) electrons. The van der Waals surface area contributed by atoms with Crippen molar-refractivity contribution in [3.05, 3.63) is 0 Å². The zero-order chi connectivity index (χ0) is 6.85. The minimum absolute atomic E-state index is 0. The summed E-state index contributed by atoms with van der Waals surface area (Å²) in [4.78, 5) is 2.35. The molecule has 62 valence electrons. The lowest BCUT2D eigenvalue weighted by atomic mass is 10.2. The predicted octanol–water partition coefficient (Wildman–Crippen LogP) is 1.36. The Morgan fingerprint density at radius 2 is 1.90 bits per heavy atom. The van der Waals surface area contributed by atoms with Gasteiger partial charge in [0.05, 0.1) is 19.3 Å². The summed E-state index contributed by atoms with van der Waals surface area (Å²) < 4.78 is 5.06. The number of ether oxygens (including phenoxy) is 1. The summed E-state index contributed by atoms with van der Waals surface area (Å²) in [5.74, 6) is 0. The molecular formula is C8H19NO. The molecular weight excluding hydrogens is 126 g/mol. The largest absolute Gasteiger partial charge is 0.378 e. The third-order valence-corrected chi connectivity index (χ3v) is 2.01. The molecule has 0 saturated carbocycles. The summed E-state index contributed by atoms with van der Waals surface area (Å²) in [6, 6.07) is 1.34. The second-order valence-corrected chi connectivity index (χ2v) is 2.95. The first-order valence-corrected chi connectivity index (χ1v) is 3.51. The third kappa shape index (κ3) is 1.96. The minimum Gasteiger partial charge on any atom is -0.378 e. The average molecular weight is 145 g/mol. The zero-order valence-corrected chi connectivity index (χ0v) is 6.42. The predicted molar refractivity (Wildman–Crippen MR) is 44.2 cm³/mol. The first-order chi connectivity index (χ1) is 4.22. The van der Waals surface area contributed by atoms with E-state index in [1.54, 1.807) is 0 Å². The Labute approximate surface area is 64.2 Å². The molecule has 0 N–H and O–H groups in total. The van der Waals surface area contributed by atoms with Gasteiger partial charge in [-0.1, -0.05) is 7.43 Å². The fourth-order valence-corrected chi connectivity index (χ4v) is 0.880. The molecule has 0 amide bonds. The molecule has 0 atom stereocenters. The van der Waals surface area contributed by atoms with Gasteiger partial charge < -0.3 is 4.74 Å². The fourth-order valence-electron chi connectivity index (χ4n) is 0.880. The van der Waals surface area contributed by atoms with E-state index in [0.29, 0.717) is 12.1 Å². The lowest BCUT2D eigenvalue weighted by molar-refractivity contribution is -0.0650. The number of hydrogen-bond acceptors (Lipinski definition) is 2. The molecule has 1 heterocycles. The molecule has 2 heteroatoms. The highest BCUT2D eigenvalue weighted by Crippen LogP contribution is 2.10. The Morgan fingerprint density at radius 1 is 1.40 bits per heavy atom. The van der Waals surface area contributed by atoms with Crippen molar-refractivity contribution in [1.82, 2.24) is 4.90 Å². The van der Waals surface area contributed by atoms with Gasteiger partial charge in [0.2, 0.25) is 0 Å². The van der Waals surface area contributed by atoms with Crippen LogP contribution in [0, 0.1) is 0 Å². The van der Waals surface area contributed by atoms with Gasteiger partial charge in [0.1, 0.15) is 0 Å². The van der Waals surface area contributed by atoms with Gasteiger partial charge in [-0.2, -0.15) is 0 Å². The minimum atomic E-state index is 0. The van der Waals surface area contributed by atoms with Crippen LogP contribution in [0.5, 0.6) is 0 Å². The van der Waals surface area contributed by atoms with Crippen LogP contribution in [-0.4, -0.2) is 37.2 Å². The maximum atomic E-state index is 5.06. The molecule has 0 aliphatic carbocycles. The van der Waals surface area contributed by atoms with Crippen molar-refractivity contribution in [3.8, 4) is 0 Å². The van der Waals surface area contributed by atoms with Crippen LogP contribution in [-0.2, 0) is 4.74 Å². The van der Waals surface area contributed by atoms with Gasteiger partial charge in [0.15, 0.2) is 0 Å². The lowest BCUT2D eigenvalue weighted by Crippen LogP contribution is -2.49. The van der Waals surface area contributed by atoms with Crippen molar-refractivity contribution in [1.29, 1.82) is 0 Å². The van der Waals surface area contributed by atoms with Gasteiger partial charge in [-0.05, 0) is 20.9 Å². The van der Waals surface area contributed by atoms with Crippen molar-refractivity contribution >= 4 is 0 Å². The molecule has 1 fully saturated rings.